The van der Waals surface area contributed by atoms with Crippen molar-refractivity contribution in [1.29, 1.82) is 0 Å². The summed E-state index contributed by atoms with van der Waals surface area (Å²) >= 11 is 0. The molecule has 22 heavy (non-hydrogen) atoms. The molecule has 2 atom stereocenters. The Labute approximate surface area is 135 Å². The zero-order valence-corrected chi connectivity index (χ0v) is 14.4. The number of hydrogen-bond acceptors (Lipinski definition) is 4. The fourth-order valence-corrected chi connectivity index (χ4v) is 3.93. The first-order valence-electron chi connectivity index (χ1n) is 9.24. The predicted molar refractivity (Wildman–Crippen MR) is 87.2 cm³/mol. The molecule has 3 aliphatic heterocycles. The third kappa shape index (κ3) is 4.92. The van der Waals surface area contributed by atoms with E-state index in [1.165, 1.54) is 32.1 Å². The predicted octanol–water partition coefficient (Wildman–Crippen LogP) is 2.99. The Morgan fingerprint density at radius 1 is 1.05 bits per heavy atom. The van der Waals surface area contributed by atoms with Crippen LogP contribution in [-0.2, 0) is 14.2 Å². The monoisotopic (exact) mass is 311 g/mol. The summed E-state index contributed by atoms with van der Waals surface area (Å²) in [7, 11) is 0. The zero-order valence-electron chi connectivity index (χ0n) is 14.4. The Kier molecular flexibility index (Phi) is 5.77. The van der Waals surface area contributed by atoms with Crippen molar-refractivity contribution < 1.29 is 14.2 Å². The van der Waals surface area contributed by atoms with Gasteiger partial charge in [-0.05, 0) is 58.8 Å². The maximum Gasteiger partial charge on any atom is 0.0808 e. The lowest BCUT2D eigenvalue weighted by Crippen LogP contribution is -2.42. The number of ether oxygens (including phenoxy) is 3. The Morgan fingerprint density at radius 2 is 1.86 bits per heavy atom. The van der Waals surface area contributed by atoms with Crippen molar-refractivity contribution >= 4 is 0 Å². The summed E-state index contributed by atoms with van der Waals surface area (Å²) in [5.74, 6) is 0. The van der Waals surface area contributed by atoms with Gasteiger partial charge in [0.05, 0.1) is 30.5 Å². The minimum atomic E-state index is 0.0894. The van der Waals surface area contributed by atoms with E-state index < -0.39 is 0 Å². The molecule has 3 aliphatic rings. The fourth-order valence-electron chi connectivity index (χ4n) is 3.93. The molecular formula is C18H33NO3. The van der Waals surface area contributed by atoms with E-state index >= 15 is 0 Å². The minimum Gasteiger partial charge on any atom is -0.376 e. The van der Waals surface area contributed by atoms with Crippen molar-refractivity contribution in [2.24, 2.45) is 0 Å². The highest BCUT2D eigenvalue weighted by atomic mass is 16.5. The third-order valence-electron chi connectivity index (χ3n) is 5.34. The molecule has 3 rings (SSSR count). The Balaban J connectivity index is 1.30. The Bertz CT molecular complexity index is 333. The average molecular weight is 311 g/mol. The van der Waals surface area contributed by atoms with E-state index in [0.29, 0.717) is 18.3 Å². The third-order valence-corrected chi connectivity index (χ3v) is 5.34. The van der Waals surface area contributed by atoms with Crippen molar-refractivity contribution in [3.05, 3.63) is 0 Å². The molecule has 0 unspecified atom stereocenters. The van der Waals surface area contributed by atoms with Crippen molar-refractivity contribution in [3.63, 3.8) is 0 Å². The molecule has 0 amide bonds. The SMILES string of the molecule is CC1(C)CC[C@H](CN2CCC(OC[C@@H]3CCCCO3)CC2)O1. The van der Waals surface area contributed by atoms with Gasteiger partial charge in [-0.2, -0.15) is 0 Å². The molecule has 4 nitrogen and oxygen atoms in total. The highest BCUT2D eigenvalue weighted by Gasteiger charge is 2.33. The van der Waals surface area contributed by atoms with Crippen molar-refractivity contribution in [2.45, 2.75) is 82.7 Å². The van der Waals surface area contributed by atoms with Gasteiger partial charge in [0.2, 0.25) is 0 Å². The molecule has 0 radical (unpaired) electrons. The van der Waals surface area contributed by atoms with Crippen LogP contribution in [0.1, 0.15) is 58.8 Å². The van der Waals surface area contributed by atoms with Gasteiger partial charge in [0, 0.05) is 26.2 Å². The van der Waals surface area contributed by atoms with Gasteiger partial charge in [-0.25, -0.2) is 0 Å². The number of nitrogens with zero attached hydrogens (tertiary/aromatic N) is 1. The molecule has 4 heteroatoms. The molecule has 0 N–H and O–H groups in total. The molecule has 0 aromatic rings. The molecule has 0 bridgehead atoms. The first-order valence-corrected chi connectivity index (χ1v) is 9.24. The van der Waals surface area contributed by atoms with Crippen molar-refractivity contribution in [3.8, 4) is 0 Å². The second-order valence-corrected chi connectivity index (χ2v) is 7.86. The van der Waals surface area contributed by atoms with E-state index in [9.17, 15) is 0 Å². The number of likely N-dealkylation sites (tertiary alicyclic amines) is 1. The maximum atomic E-state index is 6.12. The van der Waals surface area contributed by atoms with Crippen LogP contribution < -0.4 is 0 Å². The Hall–Kier alpha value is -0.160. The van der Waals surface area contributed by atoms with Gasteiger partial charge >= 0.3 is 0 Å². The molecule has 0 saturated carbocycles. The molecular weight excluding hydrogens is 278 g/mol. The van der Waals surface area contributed by atoms with E-state index in [1.807, 2.05) is 0 Å². The van der Waals surface area contributed by atoms with Crippen LogP contribution in [0.2, 0.25) is 0 Å². The van der Waals surface area contributed by atoms with Crippen LogP contribution in [0.3, 0.4) is 0 Å². The number of hydrogen-bond donors (Lipinski definition) is 0. The highest BCUT2D eigenvalue weighted by molar-refractivity contribution is 4.84. The largest absolute Gasteiger partial charge is 0.376 e. The molecule has 3 fully saturated rings. The second-order valence-electron chi connectivity index (χ2n) is 7.86. The first kappa shape index (κ1) is 16.7. The molecule has 128 valence electrons. The van der Waals surface area contributed by atoms with Gasteiger partial charge in [-0.3, -0.25) is 0 Å². The van der Waals surface area contributed by atoms with E-state index in [0.717, 1.165) is 45.7 Å². The smallest absolute Gasteiger partial charge is 0.0808 e. The molecule has 3 heterocycles. The van der Waals surface area contributed by atoms with Gasteiger partial charge in [-0.15, -0.1) is 0 Å². The Morgan fingerprint density at radius 3 is 2.50 bits per heavy atom. The summed E-state index contributed by atoms with van der Waals surface area (Å²) in [5.41, 5.74) is 0.0894. The average Bonchev–Trinajstić information content (AvgIpc) is 2.86. The maximum absolute atomic E-state index is 6.12. The van der Waals surface area contributed by atoms with Gasteiger partial charge in [0.25, 0.3) is 0 Å². The molecule has 0 spiro atoms. The topological polar surface area (TPSA) is 30.9 Å². The van der Waals surface area contributed by atoms with E-state index in [-0.39, 0.29) is 5.60 Å². The lowest BCUT2D eigenvalue weighted by atomic mass is 10.0. The van der Waals surface area contributed by atoms with Gasteiger partial charge in [0.15, 0.2) is 0 Å². The van der Waals surface area contributed by atoms with Crippen molar-refractivity contribution in [1.82, 2.24) is 4.90 Å². The summed E-state index contributed by atoms with van der Waals surface area (Å²) < 4.78 is 18.0. The zero-order chi connectivity index (χ0) is 15.4. The normalized spacial score (nSPS) is 34.1. The van der Waals surface area contributed by atoms with Crippen LogP contribution in [0.25, 0.3) is 0 Å². The summed E-state index contributed by atoms with van der Waals surface area (Å²) in [6, 6.07) is 0. The molecule has 0 aromatic heterocycles. The highest BCUT2D eigenvalue weighted by Crippen LogP contribution is 2.30. The summed E-state index contributed by atoms with van der Waals surface area (Å²) in [6.45, 7) is 9.53. The lowest BCUT2D eigenvalue weighted by Gasteiger charge is -2.34. The van der Waals surface area contributed by atoms with E-state index in [2.05, 4.69) is 18.7 Å². The fraction of sp³-hybridized carbons (Fsp3) is 1.00. The van der Waals surface area contributed by atoms with Gasteiger partial charge in [0.1, 0.15) is 0 Å². The lowest BCUT2D eigenvalue weighted by molar-refractivity contribution is -0.0795. The number of rotatable bonds is 5. The van der Waals surface area contributed by atoms with Crippen molar-refractivity contribution in [2.75, 3.05) is 32.8 Å². The molecule has 3 saturated heterocycles. The van der Waals surface area contributed by atoms with Crippen LogP contribution in [0.15, 0.2) is 0 Å². The van der Waals surface area contributed by atoms with Crippen LogP contribution in [0.4, 0.5) is 0 Å². The molecule has 0 aromatic carbocycles. The van der Waals surface area contributed by atoms with Gasteiger partial charge < -0.3 is 19.1 Å². The first-order chi connectivity index (χ1) is 10.6. The van der Waals surface area contributed by atoms with Crippen LogP contribution in [0.5, 0.6) is 0 Å². The van der Waals surface area contributed by atoms with Gasteiger partial charge in [-0.1, -0.05) is 0 Å². The van der Waals surface area contributed by atoms with Crippen LogP contribution in [-0.4, -0.2) is 61.7 Å². The van der Waals surface area contributed by atoms with E-state index in [1.54, 1.807) is 0 Å². The summed E-state index contributed by atoms with van der Waals surface area (Å²) in [6.07, 6.45) is 9.62. The second kappa shape index (κ2) is 7.61. The number of piperidine rings is 1. The summed E-state index contributed by atoms with van der Waals surface area (Å²) in [5, 5.41) is 0. The molecule has 0 aliphatic carbocycles. The quantitative estimate of drug-likeness (QED) is 0.781. The van der Waals surface area contributed by atoms with E-state index in [4.69, 9.17) is 14.2 Å². The van der Waals surface area contributed by atoms with Crippen LogP contribution in [0, 0.1) is 0 Å². The van der Waals surface area contributed by atoms with Crippen LogP contribution >= 0.6 is 0 Å². The standard InChI is InChI=1S/C18H33NO3/c1-18(2)9-6-16(22-18)13-19-10-7-15(8-11-19)21-14-17-5-3-4-12-20-17/h15-17H,3-14H2,1-2H3/t16-,17+/m1/s1. The summed E-state index contributed by atoms with van der Waals surface area (Å²) in [4.78, 5) is 2.56. The minimum absolute atomic E-state index is 0.0894.